The van der Waals surface area contributed by atoms with Crippen molar-refractivity contribution >= 4 is 23.4 Å². The maximum absolute atomic E-state index is 13.0. The molecule has 0 saturated carbocycles. The summed E-state index contributed by atoms with van der Waals surface area (Å²) in [5.74, 6) is -0.402. The fourth-order valence-electron chi connectivity index (χ4n) is 3.51. The van der Waals surface area contributed by atoms with E-state index in [1.54, 1.807) is 23.1 Å². The molecule has 2 aliphatic heterocycles. The van der Waals surface area contributed by atoms with Gasteiger partial charge in [-0.3, -0.25) is 19.3 Å². The van der Waals surface area contributed by atoms with Crippen LogP contribution in [-0.4, -0.2) is 40.9 Å². The van der Waals surface area contributed by atoms with Gasteiger partial charge in [-0.2, -0.15) is 0 Å². The third-order valence-electron chi connectivity index (χ3n) is 5.07. The van der Waals surface area contributed by atoms with Gasteiger partial charge in [0.15, 0.2) is 0 Å². The molecule has 2 atom stereocenters. The first kappa shape index (κ1) is 16.5. The molecule has 3 rings (SSSR count). The van der Waals surface area contributed by atoms with E-state index in [1.807, 2.05) is 26.8 Å². The molecule has 1 aromatic rings. The monoisotopic (exact) mass is 329 g/mol. The molecule has 6 heteroatoms. The van der Waals surface area contributed by atoms with Gasteiger partial charge in [-0.25, -0.2) is 0 Å². The number of benzene rings is 1. The van der Waals surface area contributed by atoms with Gasteiger partial charge in [0.1, 0.15) is 12.2 Å². The first-order valence-electron chi connectivity index (χ1n) is 8.42. The number of carbonyl (C=O) groups is 3. The number of anilines is 1. The van der Waals surface area contributed by atoms with Crippen LogP contribution >= 0.6 is 0 Å². The SMILES string of the molecule is CCC(C)NC(=O)CN1C(=O)c2ccccc2N2C(=O)CCC12C. The Morgan fingerprint density at radius 1 is 1.33 bits per heavy atom. The maximum atomic E-state index is 13.0. The number of nitrogens with one attached hydrogen (secondary N) is 1. The molecule has 1 N–H and O–H groups in total. The number of rotatable bonds is 4. The van der Waals surface area contributed by atoms with Crippen LogP contribution in [0.3, 0.4) is 0 Å². The van der Waals surface area contributed by atoms with E-state index in [0.29, 0.717) is 24.1 Å². The van der Waals surface area contributed by atoms with Gasteiger partial charge in [-0.1, -0.05) is 19.1 Å². The van der Waals surface area contributed by atoms with Crippen LogP contribution in [0.1, 0.15) is 50.4 Å². The molecule has 1 saturated heterocycles. The number of para-hydroxylation sites is 1. The zero-order valence-corrected chi connectivity index (χ0v) is 14.3. The molecule has 6 nitrogen and oxygen atoms in total. The summed E-state index contributed by atoms with van der Waals surface area (Å²) in [5, 5.41) is 2.89. The number of amides is 3. The molecule has 0 spiro atoms. The van der Waals surface area contributed by atoms with Crippen molar-refractivity contribution in [1.82, 2.24) is 10.2 Å². The Bertz CT molecular complexity index is 703. The second kappa shape index (κ2) is 5.92. The summed E-state index contributed by atoms with van der Waals surface area (Å²) in [6.07, 6.45) is 1.73. The molecule has 3 amide bonds. The van der Waals surface area contributed by atoms with Crippen LogP contribution in [0, 0.1) is 0 Å². The Morgan fingerprint density at radius 3 is 2.75 bits per heavy atom. The Hall–Kier alpha value is -2.37. The number of hydrogen-bond acceptors (Lipinski definition) is 3. The standard InChI is InChI=1S/C18H23N3O3/c1-4-12(2)19-15(22)11-20-17(24)13-7-5-6-8-14(13)21-16(23)9-10-18(20,21)3/h5-8,12H,4,9-11H2,1-3H3,(H,19,22). The average Bonchev–Trinajstić information content (AvgIpc) is 2.87. The number of carbonyl (C=O) groups excluding carboxylic acids is 3. The highest BCUT2D eigenvalue weighted by atomic mass is 16.2. The smallest absolute Gasteiger partial charge is 0.258 e. The van der Waals surface area contributed by atoms with Crippen molar-refractivity contribution in [2.75, 3.05) is 11.4 Å². The van der Waals surface area contributed by atoms with Crippen LogP contribution in [0.25, 0.3) is 0 Å². The van der Waals surface area contributed by atoms with Crippen molar-refractivity contribution in [2.45, 2.75) is 51.7 Å². The Labute approximate surface area is 141 Å². The van der Waals surface area contributed by atoms with E-state index in [2.05, 4.69) is 5.32 Å². The first-order chi connectivity index (χ1) is 11.4. The molecule has 1 fully saturated rings. The highest BCUT2D eigenvalue weighted by molar-refractivity contribution is 6.11. The van der Waals surface area contributed by atoms with Gasteiger partial charge < -0.3 is 10.2 Å². The summed E-state index contributed by atoms with van der Waals surface area (Å²) in [4.78, 5) is 41.0. The first-order valence-corrected chi connectivity index (χ1v) is 8.42. The fraction of sp³-hybridized carbons (Fsp3) is 0.500. The summed E-state index contributed by atoms with van der Waals surface area (Å²) in [6.45, 7) is 5.74. The summed E-state index contributed by atoms with van der Waals surface area (Å²) >= 11 is 0. The minimum Gasteiger partial charge on any atom is -0.352 e. The van der Waals surface area contributed by atoms with E-state index in [4.69, 9.17) is 0 Å². The van der Waals surface area contributed by atoms with Crippen molar-refractivity contribution in [3.63, 3.8) is 0 Å². The molecule has 2 unspecified atom stereocenters. The lowest BCUT2D eigenvalue weighted by Crippen LogP contribution is -2.64. The van der Waals surface area contributed by atoms with Crippen LogP contribution in [0.15, 0.2) is 24.3 Å². The van der Waals surface area contributed by atoms with Gasteiger partial charge in [0.25, 0.3) is 5.91 Å². The van der Waals surface area contributed by atoms with Crippen LogP contribution in [0.4, 0.5) is 5.69 Å². The summed E-state index contributed by atoms with van der Waals surface area (Å²) < 4.78 is 0. The molecule has 0 bridgehead atoms. The van der Waals surface area contributed by atoms with Gasteiger partial charge in [-0.05, 0) is 38.8 Å². The zero-order valence-electron chi connectivity index (χ0n) is 14.3. The quantitative estimate of drug-likeness (QED) is 0.917. The minimum atomic E-state index is -0.782. The molecule has 0 aliphatic carbocycles. The molecular formula is C18H23N3O3. The predicted octanol–water partition coefficient (Wildman–Crippen LogP) is 1.90. The van der Waals surface area contributed by atoms with Gasteiger partial charge in [-0.15, -0.1) is 0 Å². The van der Waals surface area contributed by atoms with Gasteiger partial charge in [0, 0.05) is 12.5 Å². The largest absolute Gasteiger partial charge is 0.352 e. The topological polar surface area (TPSA) is 69.7 Å². The number of fused-ring (bicyclic) bond motifs is 3. The molecule has 24 heavy (non-hydrogen) atoms. The second-order valence-corrected chi connectivity index (χ2v) is 6.73. The normalized spacial score (nSPS) is 23.8. The van der Waals surface area contributed by atoms with E-state index in [1.165, 1.54) is 4.90 Å². The van der Waals surface area contributed by atoms with E-state index < -0.39 is 5.66 Å². The van der Waals surface area contributed by atoms with E-state index in [0.717, 1.165) is 6.42 Å². The van der Waals surface area contributed by atoms with Crippen molar-refractivity contribution in [1.29, 1.82) is 0 Å². The molecule has 2 aliphatic rings. The lowest BCUT2D eigenvalue weighted by molar-refractivity contribution is -0.124. The molecule has 0 radical (unpaired) electrons. The van der Waals surface area contributed by atoms with Crippen molar-refractivity contribution in [3.05, 3.63) is 29.8 Å². The molecule has 0 aromatic heterocycles. The molecule has 128 valence electrons. The Morgan fingerprint density at radius 2 is 2.04 bits per heavy atom. The van der Waals surface area contributed by atoms with Gasteiger partial charge in [0.2, 0.25) is 11.8 Å². The second-order valence-electron chi connectivity index (χ2n) is 6.73. The van der Waals surface area contributed by atoms with Gasteiger partial charge in [0.05, 0.1) is 11.3 Å². The number of hydrogen-bond donors (Lipinski definition) is 1. The van der Waals surface area contributed by atoms with Crippen molar-refractivity contribution in [3.8, 4) is 0 Å². The summed E-state index contributed by atoms with van der Waals surface area (Å²) in [7, 11) is 0. The van der Waals surface area contributed by atoms with Crippen LogP contribution in [0.2, 0.25) is 0 Å². The van der Waals surface area contributed by atoms with Crippen LogP contribution in [0.5, 0.6) is 0 Å². The maximum Gasteiger partial charge on any atom is 0.258 e. The number of nitrogens with zero attached hydrogens (tertiary/aromatic N) is 2. The lowest BCUT2D eigenvalue weighted by Gasteiger charge is -2.48. The van der Waals surface area contributed by atoms with Crippen LogP contribution in [-0.2, 0) is 9.59 Å². The Balaban J connectivity index is 1.96. The summed E-state index contributed by atoms with van der Waals surface area (Å²) in [6, 6.07) is 7.16. The molecular weight excluding hydrogens is 306 g/mol. The summed E-state index contributed by atoms with van der Waals surface area (Å²) in [5.41, 5.74) is 0.336. The predicted molar refractivity (Wildman–Crippen MR) is 90.5 cm³/mol. The highest BCUT2D eigenvalue weighted by Gasteiger charge is 2.53. The molecule has 1 aromatic carbocycles. The lowest BCUT2D eigenvalue weighted by atomic mass is 9.98. The van der Waals surface area contributed by atoms with E-state index in [9.17, 15) is 14.4 Å². The van der Waals surface area contributed by atoms with Crippen molar-refractivity contribution < 1.29 is 14.4 Å². The van der Waals surface area contributed by atoms with E-state index >= 15 is 0 Å². The minimum absolute atomic E-state index is 0.00946. The van der Waals surface area contributed by atoms with E-state index in [-0.39, 0.29) is 30.3 Å². The third-order valence-corrected chi connectivity index (χ3v) is 5.07. The molecule has 2 heterocycles. The van der Waals surface area contributed by atoms with Crippen LogP contribution < -0.4 is 10.2 Å². The zero-order chi connectivity index (χ0) is 17.5. The Kier molecular flexibility index (Phi) is 4.07. The average molecular weight is 329 g/mol. The third kappa shape index (κ3) is 2.46. The van der Waals surface area contributed by atoms with Crippen molar-refractivity contribution in [2.24, 2.45) is 0 Å². The van der Waals surface area contributed by atoms with Gasteiger partial charge >= 0.3 is 0 Å². The highest BCUT2D eigenvalue weighted by Crippen LogP contribution is 2.43. The fourth-order valence-corrected chi connectivity index (χ4v) is 3.51.